The van der Waals surface area contributed by atoms with E-state index in [4.69, 9.17) is 9.47 Å². The summed E-state index contributed by atoms with van der Waals surface area (Å²) in [5.74, 6) is 0.833. The molecule has 1 aliphatic rings. The van der Waals surface area contributed by atoms with Gasteiger partial charge in [0.25, 0.3) is 0 Å². The Hall–Kier alpha value is -3.11. The summed E-state index contributed by atoms with van der Waals surface area (Å²) in [5, 5.41) is 0. The number of ether oxygens (including phenoxy) is 2. The molecule has 0 unspecified atom stereocenters. The van der Waals surface area contributed by atoms with Crippen molar-refractivity contribution in [1.29, 1.82) is 0 Å². The van der Waals surface area contributed by atoms with Gasteiger partial charge in [-0.15, -0.1) is 0 Å². The highest BCUT2D eigenvalue weighted by Gasteiger charge is 2.10. The van der Waals surface area contributed by atoms with Gasteiger partial charge in [0.15, 0.2) is 0 Å². The normalized spacial score (nSPS) is 14.4. The highest BCUT2D eigenvalue weighted by molar-refractivity contribution is 5.85. The van der Waals surface area contributed by atoms with Crippen LogP contribution >= 0.6 is 0 Å². The average Bonchev–Trinajstić information content (AvgIpc) is 2.78. The van der Waals surface area contributed by atoms with E-state index in [9.17, 15) is 0 Å². The van der Waals surface area contributed by atoms with Crippen LogP contribution in [0.2, 0.25) is 0 Å². The predicted octanol–water partition coefficient (Wildman–Crippen LogP) is 4.85. The number of aliphatic imine (C=N–C) groups is 1. The third-order valence-corrected chi connectivity index (χ3v) is 4.73. The van der Waals surface area contributed by atoms with Crippen molar-refractivity contribution < 1.29 is 9.47 Å². The van der Waals surface area contributed by atoms with E-state index in [1.165, 1.54) is 5.69 Å². The van der Waals surface area contributed by atoms with Crippen molar-refractivity contribution in [2.75, 3.05) is 31.2 Å². The van der Waals surface area contributed by atoms with Crippen molar-refractivity contribution in [3.8, 4) is 5.75 Å². The van der Waals surface area contributed by atoms with Crippen molar-refractivity contribution >= 4 is 17.6 Å². The van der Waals surface area contributed by atoms with Crippen LogP contribution in [0.4, 0.5) is 11.4 Å². The van der Waals surface area contributed by atoms with Crippen LogP contribution in [0, 0.1) is 0 Å². The van der Waals surface area contributed by atoms with E-state index in [1.54, 1.807) is 0 Å². The number of nitrogens with zero attached hydrogens (tertiary/aromatic N) is 2. The van der Waals surface area contributed by atoms with Gasteiger partial charge in [0.1, 0.15) is 12.4 Å². The summed E-state index contributed by atoms with van der Waals surface area (Å²) in [6, 6.07) is 26.5. The van der Waals surface area contributed by atoms with Gasteiger partial charge in [-0.2, -0.15) is 0 Å². The van der Waals surface area contributed by atoms with E-state index in [0.717, 1.165) is 48.9 Å². The summed E-state index contributed by atoms with van der Waals surface area (Å²) in [7, 11) is 0. The molecule has 4 rings (SSSR count). The molecule has 3 aromatic carbocycles. The minimum absolute atomic E-state index is 0.542. The van der Waals surface area contributed by atoms with Crippen molar-refractivity contribution in [2.45, 2.75) is 6.61 Å². The van der Waals surface area contributed by atoms with Gasteiger partial charge in [-0.05, 0) is 42.0 Å². The molecule has 1 aliphatic heterocycles. The van der Waals surface area contributed by atoms with Gasteiger partial charge < -0.3 is 14.4 Å². The van der Waals surface area contributed by atoms with E-state index in [-0.39, 0.29) is 0 Å². The fourth-order valence-corrected chi connectivity index (χ4v) is 3.17. The second-order valence-corrected chi connectivity index (χ2v) is 6.69. The minimum atomic E-state index is 0.542. The molecule has 28 heavy (non-hydrogen) atoms. The molecule has 0 amide bonds. The highest BCUT2D eigenvalue weighted by Crippen LogP contribution is 2.22. The molecular formula is C24H24N2O2. The number of hydrogen-bond donors (Lipinski definition) is 0. The predicted molar refractivity (Wildman–Crippen MR) is 114 cm³/mol. The largest absolute Gasteiger partial charge is 0.488 e. The van der Waals surface area contributed by atoms with Gasteiger partial charge in [-0.1, -0.05) is 42.5 Å². The van der Waals surface area contributed by atoms with Crippen LogP contribution in [0.5, 0.6) is 5.75 Å². The fourth-order valence-electron chi connectivity index (χ4n) is 3.17. The van der Waals surface area contributed by atoms with E-state index < -0.39 is 0 Å². The third kappa shape index (κ3) is 4.78. The van der Waals surface area contributed by atoms with Crippen LogP contribution in [0.1, 0.15) is 11.1 Å². The molecule has 1 heterocycles. The van der Waals surface area contributed by atoms with Gasteiger partial charge in [0.2, 0.25) is 0 Å². The number of anilines is 1. The SMILES string of the molecule is C(=Nc1ccc(N2CCOCC2)cc1)c1ccccc1OCc1ccccc1. The third-order valence-electron chi connectivity index (χ3n) is 4.73. The minimum Gasteiger partial charge on any atom is -0.488 e. The zero-order valence-electron chi connectivity index (χ0n) is 15.8. The number of hydrogen-bond acceptors (Lipinski definition) is 4. The van der Waals surface area contributed by atoms with E-state index in [0.29, 0.717) is 6.61 Å². The van der Waals surface area contributed by atoms with Crippen LogP contribution in [0.15, 0.2) is 83.9 Å². The lowest BCUT2D eigenvalue weighted by molar-refractivity contribution is 0.122. The maximum Gasteiger partial charge on any atom is 0.128 e. The number of rotatable bonds is 6. The quantitative estimate of drug-likeness (QED) is 0.580. The van der Waals surface area contributed by atoms with Gasteiger partial charge in [-0.25, -0.2) is 0 Å². The Morgan fingerprint density at radius 2 is 1.57 bits per heavy atom. The lowest BCUT2D eigenvalue weighted by Gasteiger charge is -2.28. The molecule has 4 nitrogen and oxygen atoms in total. The van der Waals surface area contributed by atoms with Crippen LogP contribution in [-0.2, 0) is 11.3 Å². The number of benzene rings is 3. The maximum atomic E-state index is 6.00. The molecule has 0 bridgehead atoms. The second kappa shape index (κ2) is 9.20. The van der Waals surface area contributed by atoms with Crippen LogP contribution < -0.4 is 9.64 Å². The molecule has 0 N–H and O–H groups in total. The summed E-state index contributed by atoms with van der Waals surface area (Å²) in [4.78, 5) is 6.97. The monoisotopic (exact) mass is 372 g/mol. The second-order valence-electron chi connectivity index (χ2n) is 6.69. The number of para-hydroxylation sites is 1. The van der Waals surface area contributed by atoms with Crippen LogP contribution in [0.25, 0.3) is 0 Å². The lowest BCUT2D eigenvalue weighted by Crippen LogP contribution is -2.36. The Kier molecular flexibility index (Phi) is 6.00. The first-order valence-electron chi connectivity index (χ1n) is 9.61. The molecule has 0 spiro atoms. The Morgan fingerprint density at radius 1 is 0.857 bits per heavy atom. The highest BCUT2D eigenvalue weighted by atomic mass is 16.5. The van der Waals surface area contributed by atoms with Crippen molar-refractivity contribution in [2.24, 2.45) is 4.99 Å². The van der Waals surface area contributed by atoms with Crippen molar-refractivity contribution in [1.82, 2.24) is 0 Å². The summed E-state index contributed by atoms with van der Waals surface area (Å²) in [5.41, 5.74) is 4.26. The average molecular weight is 372 g/mol. The van der Waals surface area contributed by atoms with Crippen LogP contribution in [0.3, 0.4) is 0 Å². The van der Waals surface area contributed by atoms with Gasteiger partial charge in [0, 0.05) is 30.6 Å². The zero-order valence-corrected chi connectivity index (χ0v) is 15.8. The van der Waals surface area contributed by atoms with Gasteiger partial charge >= 0.3 is 0 Å². The number of morpholine rings is 1. The zero-order chi connectivity index (χ0) is 19.0. The van der Waals surface area contributed by atoms with E-state index in [2.05, 4.69) is 46.3 Å². The molecular weight excluding hydrogens is 348 g/mol. The summed E-state index contributed by atoms with van der Waals surface area (Å²) < 4.78 is 11.4. The van der Waals surface area contributed by atoms with Crippen LogP contribution in [-0.4, -0.2) is 32.5 Å². The molecule has 0 aliphatic carbocycles. The molecule has 1 saturated heterocycles. The Morgan fingerprint density at radius 3 is 2.36 bits per heavy atom. The fraction of sp³-hybridized carbons (Fsp3) is 0.208. The molecule has 142 valence electrons. The van der Waals surface area contributed by atoms with Gasteiger partial charge in [0.05, 0.1) is 18.9 Å². The molecule has 0 saturated carbocycles. The van der Waals surface area contributed by atoms with E-state index in [1.807, 2.05) is 48.7 Å². The van der Waals surface area contributed by atoms with Crippen molar-refractivity contribution in [3.63, 3.8) is 0 Å². The van der Waals surface area contributed by atoms with Crippen molar-refractivity contribution in [3.05, 3.63) is 90.0 Å². The topological polar surface area (TPSA) is 34.1 Å². The Labute approximate surface area is 166 Å². The first-order valence-corrected chi connectivity index (χ1v) is 9.61. The summed E-state index contributed by atoms with van der Waals surface area (Å²) in [6.45, 7) is 4.00. The molecule has 0 radical (unpaired) electrons. The molecule has 0 aromatic heterocycles. The van der Waals surface area contributed by atoms with E-state index >= 15 is 0 Å². The lowest BCUT2D eigenvalue weighted by atomic mass is 10.2. The molecule has 1 fully saturated rings. The standard InChI is InChI=1S/C24H24N2O2/c1-2-6-20(7-3-1)19-28-24-9-5-4-8-21(24)18-25-22-10-12-23(13-11-22)26-14-16-27-17-15-26/h1-13,18H,14-17,19H2. The maximum absolute atomic E-state index is 6.00. The Balaban J connectivity index is 1.42. The van der Waals surface area contributed by atoms with Gasteiger partial charge in [-0.3, -0.25) is 4.99 Å². The summed E-state index contributed by atoms with van der Waals surface area (Å²) in [6.07, 6.45) is 1.87. The smallest absolute Gasteiger partial charge is 0.128 e. The summed E-state index contributed by atoms with van der Waals surface area (Å²) >= 11 is 0. The first kappa shape index (κ1) is 18.3. The Bertz CT molecular complexity index is 901. The molecule has 4 heteroatoms. The molecule has 0 atom stereocenters. The first-order chi connectivity index (χ1) is 13.9. The molecule has 3 aromatic rings.